The fraction of sp³-hybridized carbons (Fsp3) is 0.417. The molecule has 0 aliphatic carbocycles. The zero-order chi connectivity index (χ0) is 24.1. The van der Waals surface area contributed by atoms with E-state index in [9.17, 15) is 18.0 Å². The van der Waals surface area contributed by atoms with Crippen LogP contribution in [-0.4, -0.2) is 49.1 Å². The van der Waals surface area contributed by atoms with Gasteiger partial charge in [-0.1, -0.05) is 48.5 Å². The maximum Gasteiger partial charge on any atom is 0.410 e. The van der Waals surface area contributed by atoms with Crippen molar-refractivity contribution in [1.29, 1.82) is 0 Å². The number of ether oxygens (including phenoxy) is 2. The molecule has 1 saturated heterocycles. The van der Waals surface area contributed by atoms with E-state index in [2.05, 4.69) is 5.32 Å². The van der Waals surface area contributed by atoms with Crippen LogP contribution in [0.2, 0.25) is 0 Å². The topological polar surface area (TPSA) is 102 Å². The van der Waals surface area contributed by atoms with Gasteiger partial charge < -0.3 is 19.7 Å². The first kappa shape index (κ1) is 24.6. The molecule has 1 aliphatic heterocycles. The monoisotopic (exact) mass is 474 g/mol. The molecule has 8 nitrogen and oxygen atoms in total. The van der Waals surface area contributed by atoms with Crippen LogP contribution in [-0.2, 0) is 25.9 Å². The largest absolute Gasteiger partial charge is 0.445 e. The zero-order valence-corrected chi connectivity index (χ0v) is 19.9. The summed E-state index contributed by atoms with van der Waals surface area (Å²) in [6, 6.07) is 16.1. The van der Waals surface area contributed by atoms with E-state index < -0.39 is 39.0 Å². The molecule has 33 heavy (non-hydrogen) atoms. The van der Waals surface area contributed by atoms with Crippen molar-refractivity contribution in [3.8, 4) is 0 Å². The molecule has 2 aromatic rings. The molecule has 2 atom stereocenters. The van der Waals surface area contributed by atoms with Gasteiger partial charge in [-0.2, -0.15) is 0 Å². The highest BCUT2D eigenvalue weighted by Gasteiger charge is 2.44. The van der Waals surface area contributed by atoms with Crippen LogP contribution < -0.4 is 5.32 Å². The Labute approximate surface area is 194 Å². The van der Waals surface area contributed by atoms with Crippen molar-refractivity contribution in [2.75, 3.05) is 6.54 Å². The Bertz CT molecular complexity index is 1050. The van der Waals surface area contributed by atoms with E-state index in [1.54, 1.807) is 51.1 Å². The lowest BCUT2D eigenvalue weighted by Crippen LogP contribution is -2.55. The molecule has 1 aliphatic rings. The van der Waals surface area contributed by atoms with E-state index >= 15 is 0 Å². The lowest BCUT2D eigenvalue weighted by molar-refractivity contribution is 0.0214. The van der Waals surface area contributed by atoms with Crippen LogP contribution in [0.15, 0.2) is 65.6 Å². The molecule has 0 unspecified atom stereocenters. The molecule has 0 spiro atoms. The zero-order valence-electron chi connectivity index (χ0n) is 19.1. The molecule has 9 heteroatoms. The van der Waals surface area contributed by atoms with Gasteiger partial charge in [-0.15, -0.1) is 0 Å². The molecular weight excluding hydrogens is 444 g/mol. The first-order valence-corrected chi connectivity index (χ1v) is 12.4. The third-order valence-electron chi connectivity index (χ3n) is 5.16. The van der Waals surface area contributed by atoms with Crippen molar-refractivity contribution in [2.24, 2.45) is 0 Å². The van der Waals surface area contributed by atoms with Crippen molar-refractivity contribution in [3.63, 3.8) is 0 Å². The summed E-state index contributed by atoms with van der Waals surface area (Å²) >= 11 is 0. The predicted molar refractivity (Wildman–Crippen MR) is 123 cm³/mol. The molecule has 2 aromatic carbocycles. The third kappa shape index (κ3) is 6.47. The molecule has 3 rings (SSSR count). The van der Waals surface area contributed by atoms with Crippen LogP contribution in [0.5, 0.6) is 0 Å². The fourth-order valence-corrected chi connectivity index (χ4v) is 5.45. The Kier molecular flexibility index (Phi) is 7.63. The number of rotatable bonds is 6. The summed E-state index contributed by atoms with van der Waals surface area (Å²) < 4.78 is 37.8. The smallest absolute Gasteiger partial charge is 0.410 e. The number of carbonyl (C=O) groups is 2. The van der Waals surface area contributed by atoms with E-state index in [0.717, 1.165) is 5.56 Å². The van der Waals surface area contributed by atoms with Crippen molar-refractivity contribution in [2.45, 2.75) is 62.1 Å². The first-order valence-electron chi connectivity index (χ1n) is 10.8. The second kappa shape index (κ2) is 10.2. The standard InChI is InChI=1S/C24H30N2O6S/c1-24(2,3)32-23(28)26-16-10-15-20(26)21(33(29,30)19-13-8-5-9-14-19)25-22(27)31-17-18-11-6-4-7-12-18/h4-9,11-14,20-21H,10,15-17H2,1-3H3,(H,25,27)/t20-,21+/m1/s1. The van der Waals surface area contributed by atoms with Gasteiger partial charge in [0.2, 0.25) is 9.84 Å². The molecule has 0 radical (unpaired) electrons. The predicted octanol–water partition coefficient (Wildman–Crippen LogP) is 4.11. The third-order valence-corrected chi connectivity index (χ3v) is 7.19. The lowest BCUT2D eigenvalue weighted by Gasteiger charge is -2.33. The van der Waals surface area contributed by atoms with Gasteiger partial charge in [-0.25, -0.2) is 18.0 Å². The average Bonchev–Trinajstić information content (AvgIpc) is 3.26. The van der Waals surface area contributed by atoms with E-state index in [4.69, 9.17) is 9.47 Å². The number of hydrogen-bond acceptors (Lipinski definition) is 6. The van der Waals surface area contributed by atoms with Crippen molar-refractivity contribution < 1.29 is 27.5 Å². The molecule has 178 valence electrons. The van der Waals surface area contributed by atoms with Crippen LogP contribution in [0.25, 0.3) is 0 Å². The quantitative estimate of drug-likeness (QED) is 0.676. The molecule has 0 bridgehead atoms. The van der Waals surface area contributed by atoms with Crippen LogP contribution in [0.4, 0.5) is 9.59 Å². The van der Waals surface area contributed by atoms with Gasteiger partial charge in [0.25, 0.3) is 0 Å². The summed E-state index contributed by atoms with van der Waals surface area (Å²) in [6.45, 7) is 5.56. The van der Waals surface area contributed by atoms with E-state index in [1.165, 1.54) is 17.0 Å². The van der Waals surface area contributed by atoms with Crippen molar-refractivity contribution >= 4 is 22.0 Å². The number of amides is 2. The number of nitrogens with one attached hydrogen (secondary N) is 1. The van der Waals surface area contributed by atoms with Crippen LogP contribution in [0, 0.1) is 0 Å². The van der Waals surface area contributed by atoms with Crippen molar-refractivity contribution in [1.82, 2.24) is 10.2 Å². The molecule has 1 N–H and O–H groups in total. The first-order chi connectivity index (χ1) is 15.6. The van der Waals surface area contributed by atoms with Gasteiger partial charge in [-0.3, -0.25) is 0 Å². The SMILES string of the molecule is CC(C)(C)OC(=O)N1CCC[C@@H]1[C@@H](NC(=O)OCc1ccccc1)S(=O)(=O)c1ccccc1. The second-order valence-corrected chi connectivity index (χ2v) is 10.9. The van der Waals surface area contributed by atoms with Gasteiger partial charge in [0.15, 0.2) is 5.37 Å². The maximum atomic E-state index is 13.5. The molecular formula is C24H30N2O6S. The van der Waals surface area contributed by atoms with E-state index in [0.29, 0.717) is 19.4 Å². The second-order valence-electron chi connectivity index (χ2n) is 8.87. The van der Waals surface area contributed by atoms with Crippen LogP contribution >= 0.6 is 0 Å². The highest BCUT2D eigenvalue weighted by molar-refractivity contribution is 7.92. The highest BCUT2D eigenvalue weighted by atomic mass is 32.2. The molecule has 0 aromatic heterocycles. The Balaban J connectivity index is 1.85. The minimum Gasteiger partial charge on any atom is -0.445 e. The summed E-state index contributed by atoms with van der Waals surface area (Å²) in [5.41, 5.74) is 0.0337. The Morgan fingerprint density at radius 2 is 1.67 bits per heavy atom. The summed E-state index contributed by atoms with van der Waals surface area (Å²) in [5.74, 6) is 0. The summed E-state index contributed by atoms with van der Waals surface area (Å²) in [7, 11) is -4.03. The molecule has 0 saturated carbocycles. The van der Waals surface area contributed by atoms with Gasteiger partial charge in [-0.05, 0) is 51.3 Å². The van der Waals surface area contributed by atoms with E-state index in [-0.39, 0.29) is 11.5 Å². The Hall–Kier alpha value is -3.07. The summed E-state index contributed by atoms with van der Waals surface area (Å²) in [5, 5.41) is 1.13. The van der Waals surface area contributed by atoms with Gasteiger partial charge in [0.05, 0.1) is 10.9 Å². The van der Waals surface area contributed by atoms with Crippen LogP contribution in [0.3, 0.4) is 0 Å². The summed E-state index contributed by atoms with van der Waals surface area (Å²) in [6.07, 6.45) is -0.502. The number of sulfone groups is 1. The number of benzene rings is 2. The highest BCUT2D eigenvalue weighted by Crippen LogP contribution is 2.28. The number of nitrogens with zero attached hydrogens (tertiary/aromatic N) is 1. The minimum atomic E-state index is -4.03. The van der Waals surface area contributed by atoms with Gasteiger partial charge >= 0.3 is 12.2 Å². The van der Waals surface area contributed by atoms with E-state index in [1.807, 2.05) is 18.2 Å². The maximum absolute atomic E-state index is 13.5. The number of alkyl carbamates (subject to hydrolysis) is 1. The van der Waals surface area contributed by atoms with Gasteiger partial charge in [0, 0.05) is 6.54 Å². The molecule has 2 amide bonds. The van der Waals surface area contributed by atoms with Crippen molar-refractivity contribution in [3.05, 3.63) is 66.2 Å². The fourth-order valence-electron chi connectivity index (χ4n) is 3.67. The minimum absolute atomic E-state index is 0.00871. The average molecular weight is 475 g/mol. The Morgan fingerprint density at radius 3 is 2.27 bits per heavy atom. The normalized spacial score (nSPS) is 17.3. The number of carbonyl (C=O) groups excluding carboxylic acids is 2. The molecule has 1 heterocycles. The van der Waals surface area contributed by atoms with Crippen LogP contribution in [0.1, 0.15) is 39.2 Å². The Morgan fingerprint density at radius 1 is 1.06 bits per heavy atom. The molecule has 1 fully saturated rings. The number of likely N-dealkylation sites (tertiary alicyclic amines) is 1. The lowest BCUT2D eigenvalue weighted by atomic mass is 10.2. The number of hydrogen-bond donors (Lipinski definition) is 1. The van der Waals surface area contributed by atoms with Gasteiger partial charge in [0.1, 0.15) is 12.2 Å². The summed E-state index contributed by atoms with van der Waals surface area (Å²) in [4.78, 5) is 26.9.